The average Bonchev–Trinajstić information content (AvgIpc) is 2.61. The molecule has 5 nitrogen and oxygen atoms in total. The number of hydrogen-bond acceptors (Lipinski definition) is 3. The molecule has 0 heterocycles. The molecule has 0 aliphatic rings. The summed E-state index contributed by atoms with van der Waals surface area (Å²) < 4.78 is 5.25. The summed E-state index contributed by atoms with van der Waals surface area (Å²) in [7, 11) is 7.95. The number of allylic oxidation sites excluding steroid dienone is 1. The van der Waals surface area contributed by atoms with Crippen molar-refractivity contribution in [2.75, 3.05) is 47.9 Å². The van der Waals surface area contributed by atoms with Crippen molar-refractivity contribution in [1.29, 1.82) is 0 Å². The molecule has 0 spiro atoms. The molecule has 148 valence electrons. The van der Waals surface area contributed by atoms with E-state index in [4.69, 9.17) is 9.73 Å². The van der Waals surface area contributed by atoms with Crippen molar-refractivity contribution in [3.05, 3.63) is 42.5 Å². The SMILES string of the molecule is C=CCCCN(C)C(=NCC(c1ccc(OC)cc1)N(C)C)NCC.I. The molecule has 6 heteroatoms. The Hall–Kier alpha value is -1.28. The van der Waals surface area contributed by atoms with Crippen molar-refractivity contribution < 1.29 is 4.74 Å². The van der Waals surface area contributed by atoms with Gasteiger partial charge in [0.2, 0.25) is 0 Å². The van der Waals surface area contributed by atoms with Gasteiger partial charge in [-0.15, -0.1) is 30.6 Å². The summed E-state index contributed by atoms with van der Waals surface area (Å²) in [4.78, 5) is 9.25. The molecule has 0 fully saturated rings. The monoisotopic (exact) mass is 474 g/mol. The molecule has 1 aromatic carbocycles. The lowest BCUT2D eigenvalue weighted by Gasteiger charge is -2.26. The Balaban J connectivity index is 0.00000625. The summed E-state index contributed by atoms with van der Waals surface area (Å²) >= 11 is 0. The minimum Gasteiger partial charge on any atom is -0.497 e. The van der Waals surface area contributed by atoms with Crippen LogP contribution in [0.2, 0.25) is 0 Å². The third-order valence-electron chi connectivity index (χ3n) is 4.14. The standard InChI is InChI=1S/C20H34N4O.HI/c1-7-9-10-15-24(5)20(21-8-2)22-16-19(23(3)4)17-11-13-18(25-6)14-12-17;/h7,11-14,19H,1,8-10,15-16H2,2-6H3,(H,21,22);1H. The number of nitrogens with one attached hydrogen (secondary N) is 1. The lowest BCUT2D eigenvalue weighted by Crippen LogP contribution is -2.40. The number of halogens is 1. The van der Waals surface area contributed by atoms with Crippen molar-refractivity contribution in [3.8, 4) is 5.75 Å². The molecular formula is C20H35IN4O. The first-order chi connectivity index (χ1) is 12.0. The van der Waals surface area contributed by atoms with Crippen LogP contribution in [0.4, 0.5) is 0 Å². The number of nitrogens with zero attached hydrogens (tertiary/aromatic N) is 3. The van der Waals surface area contributed by atoms with Crippen LogP contribution in [-0.2, 0) is 0 Å². The van der Waals surface area contributed by atoms with Crippen LogP contribution in [0, 0.1) is 0 Å². The Morgan fingerprint density at radius 1 is 1.27 bits per heavy atom. The summed E-state index contributed by atoms with van der Waals surface area (Å²) in [6.07, 6.45) is 4.07. The van der Waals surface area contributed by atoms with Gasteiger partial charge in [0.05, 0.1) is 19.7 Å². The number of methoxy groups -OCH3 is 1. The second kappa shape index (κ2) is 13.9. The predicted octanol–water partition coefficient (Wildman–Crippen LogP) is 3.78. The zero-order valence-corrected chi connectivity index (χ0v) is 19.2. The third-order valence-corrected chi connectivity index (χ3v) is 4.14. The first-order valence-electron chi connectivity index (χ1n) is 8.94. The number of rotatable bonds is 10. The fourth-order valence-electron chi connectivity index (χ4n) is 2.61. The summed E-state index contributed by atoms with van der Waals surface area (Å²) in [5.74, 6) is 1.83. The van der Waals surface area contributed by atoms with E-state index in [1.54, 1.807) is 7.11 Å². The van der Waals surface area contributed by atoms with Crippen molar-refractivity contribution >= 4 is 29.9 Å². The molecular weight excluding hydrogens is 439 g/mol. The maximum atomic E-state index is 5.25. The minimum absolute atomic E-state index is 0. The molecule has 0 amide bonds. The number of benzene rings is 1. The molecule has 1 N–H and O–H groups in total. The quantitative estimate of drug-likeness (QED) is 0.184. The zero-order valence-electron chi connectivity index (χ0n) is 16.9. The van der Waals surface area contributed by atoms with E-state index in [1.165, 1.54) is 5.56 Å². The van der Waals surface area contributed by atoms with Crippen molar-refractivity contribution in [3.63, 3.8) is 0 Å². The molecule has 1 aromatic rings. The van der Waals surface area contributed by atoms with Gasteiger partial charge in [-0.05, 0) is 51.6 Å². The van der Waals surface area contributed by atoms with E-state index in [0.717, 1.165) is 37.6 Å². The van der Waals surface area contributed by atoms with E-state index < -0.39 is 0 Å². The van der Waals surface area contributed by atoms with E-state index in [9.17, 15) is 0 Å². The fourth-order valence-corrected chi connectivity index (χ4v) is 2.61. The summed E-state index contributed by atoms with van der Waals surface area (Å²) in [5.41, 5.74) is 1.24. The van der Waals surface area contributed by atoms with Gasteiger partial charge in [0.15, 0.2) is 5.96 Å². The van der Waals surface area contributed by atoms with Gasteiger partial charge >= 0.3 is 0 Å². The van der Waals surface area contributed by atoms with Crippen molar-refractivity contribution in [1.82, 2.24) is 15.1 Å². The van der Waals surface area contributed by atoms with Crippen LogP contribution in [0.5, 0.6) is 5.75 Å². The Kier molecular flexibility index (Phi) is 13.2. The number of ether oxygens (including phenoxy) is 1. The highest BCUT2D eigenvalue weighted by atomic mass is 127. The molecule has 0 saturated carbocycles. The fraction of sp³-hybridized carbons (Fsp3) is 0.550. The highest BCUT2D eigenvalue weighted by Gasteiger charge is 2.15. The van der Waals surface area contributed by atoms with Gasteiger partial charge in [0, 0.05) is 20.1 Å². The van der Waals surface area contributed by atoms with Gasteiger partial charge in [0.1, 0.15) is 5.75 Å². The number of hydrogen-bond donors (Lipinski definition) is 1. The van der Waals surface area contributed by atoms with E-state index in [-0.39, 0.29) is 30.0 Å². The number of unbranched alkanes of at least 4 members (excludes halogenated alkanes) is 1. The molecule has 26 heavy (non-hydrogen) atoms. The summed E-state index contributed by atoms with van der Waals surface area (Å²) in [5, 5.41) is 3.38. The Morgan fingerprint density at radius 3 is 2.42 bits per heavy atom. The molecule has 0 saturated heterocycles. The lowest BCUT2D eigenvalue weighted by atomic mass is 10.1. The topological polar surface area (TPSA) is 40.1 Å². The number of aliphatic imine (C=N–C) groups is 1. The van der Waals surface area contributed by atoms with Gasteiger partial charge in [-0.25, -0.2) is 0 Å². The van der Waals surface area contributed by atoms with E-state index in [0.29, 0.717) is 6.54 Å². The first kappa shape index (κ1) is 24.7. The van der Waals surface area contributed by atoms with Gasteiger partial charge in [0.25, 0.3) is 0 Å². The second-order valence-electron chi connectivity index (χ2n) is 6.30. The Labute approximate surface area is 176 Å². The Morgan fingerprint density at radius 2 is 1.92 bits per heavy atom. The molecule has 1 rings (SSSR count). The second-order valence-corrected chi connectivity index (χ2v) is 6.30. The van der Waals surface area contributed by atoms with Crippen LogP contribution >= 0.6 is 24.0 Å². The molecule has 1 atom stereocenters. The van der Waals surface area contributed by atoms with E-state index >= 15 is 0 Å². The maximum absolute atomic E-state index is 5.25. The number of likely N-dealkylation sites (N-methyl/N-ethyl adjacent to an activating group) is 1. The van der Waals surface area contributed by atoms with Gasteiger partial charge in [-0.3, -0.25) is 4.99 Å². The zero-order chi connectivity index (χ0) is 18.7. The molecule has 0 aliphatic carbocycles. The third kappa shape index (κ3) is 8.40. The normalized spacial score (nSPS) is 12.3. The molecule has 0 aliphatic heterocycles. The lowest BCUT2D eigenvalue weighted by molar-refractivity contribution is 0.305. The van der Waals surface area contributed by atoms with Crippen molar-refractivity contribution in [2.45, 2.75) is 25.8 Å². The van der Waals surface area contributed by atoms with E-state index in [1.807, 2.05) is 18.2 Å². The highest BCUT2D eigenvalue weighted by Crippen LogP contribution is 2.21. The average molecular weight is 474 g/mol. The van der Waals surface area contributed by atoms with Crippen molar-refractivity contribution in [2.24, 2.45) is 4.99 Å². The summed E-state index contributed by atoms with van der Waals surface area (Å²) in [6, 6.07) is 8.45. The molecule has 0 bridgehead atoms. The van der Waals surface area contributed by atoms with E-state index in [2.05, 4.69) is 61.9 Å². The van der Waals surface area contributed by atoms with Gasteiger partial charge < -0.3 is 19.9 Å². The predicted molar refractivity (Wildman–Crippen MR) is 123 cm³/mol. The van der Waals surface area contributed by atoms with Crippen LogP contribution in [0.25, 0.3) is 0 Å². The van der Waals surface area contributed by atoms with Crippen LogP contribution < -0.4 is 10.1 Å². The minimum atomic E-state index is 0. The van der Waals surface area contributed by atoms with Crippen LogP contribution in [0.15, 0.2) is 41.9 Å². The number of guanidine groups is 1. The Bertz CT molecular complexity index is 531. The largest absolute Gasteiger partial charge is 0.497 e. The van der Waals surface area contributed by atoms with Crippen LogP contribution in [0.1, 0.15) is 31.4 Å². The molecule has 0 aromatic heterocycles. The highest BCUT2D eigenvalue weighted by molar-refractivity contribution is 14.0. The summed E-state index contributed by atoms with van der Waals surface area (Å²) in [6.45, 7) is 8.41. The molecule has 1 unspecified atom stereocenters. The molecule has 0 radical (unpaired) electrons. The maximum Gasteiger partial charge on any atom is 0.193 e. The van der Waals surface area contributed by atoms with Gasteiger partial charge in [-0.1, -0.05) is 18.2 Å². The van der Waals surface area contributed by atoms with Crippen LogP contribution in [0.3, 0.4) is 0 Å². The van der Waals surface area contributed by atoms with Crippen LogP contribution in [-0.4, -0.2) is 63.6 Å². The van der Waals surface area contributed by atoms with Gasteiger partial charge in [-0.2, -0.15) is 0 Å². The smallest absolute Gasteiger partial charge is 0.193 e. The first-order valence-corrected chi connectivity index (χ1v) is 8.94.